The van der Waals surface area contributed by atoms with Gasteiger partial charge in [0.25, 0.3) is 0 Å². The molecule has 3 N–H and O–H groups in total. The fraction of sp³-hybridized carbons (Fsp3) is 0.372. The third-order valence-electron chi connectivity index (χ3n) is 9.69. The number of rotatable bonds is 13. The van der Waals surface area contributed by atoms with Crippen LogP contribution in [0.5, 0.6) is 11.5 Å². The van der Waals surface area contributed by atoms with E-state index in [9.17, 15) is 14.4 Å². The predicted molar refractivity (Wildman–Crippen MR) is 215 cm³/mol. The van der Waals surface area contributed by atoms with Crippen LogP contribution in [0.2, 0.25) is 0 Å². The first-order valence-electron chi connectivity index (χ1n) is 18.9. The molecule has 0 spiro atoms. The summed E-state index contributed by atoms with van der Waals surface area (Å²) >= 11 is 0. The number of amides is 4. The van der Waals surface area contributed by atoms with Crippen molar-refractivity contribution in [2.24, 2.45) is 0 Å². The smallest absolute Gasteiger partial charge is 0.324 e. The van der Waals surface area contributed by atoms with Gasteiger partial charge in [-0.15, -0.1) is 0 Å². The Kier molecular flexibility index (Phi) is 12.5. The lowest BCUT2D eigenvalue weighted by Crippen LogP contribution is -2.46. The van der Waals surface area contributed by atoms with Crippen LogP contribution in [0, 0.1) is 6.92 Å². The van der Waals surface area contributed by atoms with Gasteiger partial charge < -0.3 is 25.0 Å². The Morgan fingerprint density at radius 1 is 0.891 bits per heavy atom. The molecular weight excluding hydrogens is 695 g/mol. The molecule has 1 fully saturated rings. The summed E-state index contributed by atoms with van der Waals surface area (Å²) in [4.78, 5) is 45.3. The first-order chi connectivity index (χ1) is 26.5. The number of aryl methyl sites for hydroxylation is 1. The number of pyridine rings is 1. The Hall–Kier alpha value is -5.75. The molecule has 6 rings (SSSR count). The third-order valence-corrected chi connectivity index (χ3v) is 9.69. The fourth-order valence-electron chi connectivity index (χ4n) is 6.60. The van der Waals surface area contributed by atoms with E-state index in [2.05, 4.69) is 41.7 Å². The van der Waals surface area contributed by atoms with Crippen LogP contribution >= 0.6 is 0 Å². The maximum absolute atomic E-state index is 13.5. The van der Waals surface area contributed by atoms with Crippen molar-refractivity contribution in [2.45, 2.75) is 77.7 Å². The van der Waals surface area contributed by atoms with Gasteiger partial charge in [-0.05, 0) is 62.9 Å². The summed E-state index contributed by atoms with van der Waals surface area (Å²) in [7, 11) is 1.67. The van der Waals surface area contributed by atoms with E-state index in [1.807, 2.05) is 78.6 Å². The van der Waals surface area contributed by atoms with Gasteiger partial charge in [0.2, 0.25) is 11.8 Å². The second kappa shape index (κ2) is 17.6. The first kappa shape index (κ1) is 39.0. The lowest BCUT2D eigenvalue weighted by Gasteiger charge is -2.32. The summed E-state index contributed by atoms with van der Waals surface area (Å²) in [6.07, 6.45) is 5.40. The summed E-state index contributed by atoms with van der Waals surface area (Å²) in [5, 5.41) is 15.6. The molecule has 0 unspecified atom stereocenters. The van der Waals surface area contributed by atoms with E-state index in [0.29, 0.717) is 54.8 Å². The van der Waals surface area contributed by atoms with Gasteiger partial charge in [-0.2, -0.15) is 5.10 Å². The van der Waals surface area contributed by atoms with Crippen molar-refractivity contribution < 1.29 is 23.9 Å². The predicted octanol–water partition coefficient (Wildman–Crippen LogP) is 7.93. The average Bonchev–Trinajstić information content (AvgIpc) is 3.59. The first-order valence-corrected chi connectivity index (χ1v) is 18.9. The molecular formula is C43H51N7O5. The molecule has 0 bridgehead atoms. The summed E-state index contributed by atoms with van der Waals surface area (Å²) in [6, 6.07) is 24.3. The molecule has 1 aliphatic rings. The van der Waals surface area contributed by atoms with Gasteiger partial charge in [0.1, 0.15) is 17.3 Å². The minimum absolute atomic E-state index is 0.0151. The molecule has 1 aliphatic heterocycles. The van der Waals surface area contributed by atoms with Gasteiger partial charge in [0, 0.05) is 73.8 Å². The quantitative estimate of drug-likeness (QED) is 0.104. The molecule has 3 aromatic carbocycles. The zero-order chi connectivity index (χ0) is 39.0. The Morgan fingerprint density at radius 3 is 2.36 bits per heavy atom. The summed E-state index contributed by atoms with van der Waals surface area (Å²) in [6.45, 7) is 10.2. The van der Waals surface area contributed by atoms with Crippen molar-refractivity contribution in [1.82, 2.24) is 25.0 Å². The van der Waals surface area contributed by atoms with E-state index in [0.717, 1.165) is 53.4 Å². The zero-order valence-electron chi connectivity index (χ0n) is 32.4. The van der Waals surface area contributed by atoms with Crippen LogP contribution in [0.1, 0.15) is 69.8 Å². The molecule has 12 heteroatoms. The third kappa shape index (κ3) is 10.3. The number of carbonyl (C=O) groups is 3. The molecule has 0 saturated carbocycles. The van der Waals surface area contributed by atoms with E-state index in [1.54, 1.807) is 30.1 Å². The highest BCUT2D eigenvalue weighted by Crippen LogP contribution is 2.35. The van der Waals surface area contributed by atoms with Gasteiger partial charge in [0.05, 0.1) is 29.2 Å². The average molecular weight is 746 g/mol. The summed E-state index contributed by atoms with van der Waals surface area (Å²) in [5.41, 5.74) is 3.81. The standard InChI is InChI=1S/C43H51N7O5/c1-29-13-15-32(16-14-29)50-39(28-38(48-50)43(2,3)4)47-42(53)46-36-17-18-37(35-11-7-6-10-34(35)36)55-33-19-22-44-31(26-33)27-40(51)45-30-20-23-49(24-21-30)41(52)12-8-9-25-54-5/h6-7,10-11,13-19,22,26,28,30H,8-9,12,20-21,23-25,27H2,1-5H3,(H,45,51)(H2,46,47,53). The zero-order valence-corrected chi connectivity index (χ0v) is 32.4. The molecule has 2 aromatic heterocycles. The van der Waals surface area contributed by atoms with Crippen molar-refractivity contribution in [2.75, 3.05) is 37.4 Å². The number of hydrogen-bond acceptors (Lipinski definition) is 7. The topological polar surface area (TPSA) is 140 Å². The molecule has 0 radical (unpaired) electrons. The van der Waals surface area contributed by atoms with E-state index in [-0.39, 0.29) is 29.7 Å². The molecule has 288 valence electrons. The van der Waals surface area contributed by atoms with Crippen molar-refractivity contribution in [1.29, 1.82) is 0 Å². The van der Waals surface area contributed by atoms with Crippen LogP contribution in [-0.2, 0) is 26.2 Å². The van der Waals surface area contributed by atoms with Crippen LogP contribution in [0.3, 0.4) is 0 Å². The number of anilines is 2. The molecule has 1 saturated heterocycles. The normalized spacial score (nSPS) is 13.4. The van der Waals surface area contributed by atoms with Crippen LogP contribution in [-0.4, -0.2) is 70.4 Å². The number of likely N-dealkylation sites (tertiary alicyclic amines) is 1. The Bertz CT molecular complexity index is 2110. The second-order valence-corrected chi connectivity index (χ2v) is 15.1. The van der Waals surface area contributed by atoms with Crippen molar-refractivity contribution in [3.8, 4) is 17.2 Å². The highest BCUT2D eigenvalue weighted by molar-refractivity contribution is 6.07. The van der Waals surface area contributed by atoms with Crippen LogP contribution in [0.25, 0.3) is 16.5 Å². The molecule has 55 heavy (non-hydrogen) atoms. The second-order valence-electron chi connectivity index (χ2n) is 15.1. The van der Waals surface area contributed by atoms with E-state index in [1.165, 1.54) is 0 Å². The molecule has 0 atom stereocenters. The molecule has 3 heterocycles. The van der Waals surface area contributed by atoms with Crippen LogP contribution in [0.4, 0.5) is 16.3 Å². The monoisotopic (exact) mass is 745 g/mol. The number of methoxy groups -OCH3 is 1. The molecule has 12 nitrogen and oxygen atoms in total. The van der Waals surface area contributed by atoms with Gasteiger partial charge in [0.15, 0.2) is 0 Å². The van der Waals surface area contributed by atoms with E-state index < -0.39 is 6.03 Å². The highest BCUT2D eigenvalue weighted by Gasteiger charge is 2.24. The van der Waals surface area contributed by atoms with Crippen molar-refractivity contribution >= 4 is 40.1 Å². The lowest BCUT2D eigenvalue weighted by molar-refractivity contribution is -0.132. The fourth-order valence-corrected chi connectivity index (χ4v) is 6.60. The highest BCUT2D eigenvalue weighted by atomic mass is 16.5. The Morgan fingerprint density at radius 2 is 1.64 bits per heavy atom. The number of urea groups is 1. The number of aromatic nitrogens is 3. The van der Waals surface area contributed by atoms with Gasteiger partial charge in [-0.3, -0.25) is 19.9 Å². The number of unbranched alkanes of at least 4 members (excludes halogenated alkanes) is 1. The van der Waals surface area contributed by atoms with Gasteiger partial charge >= 0.3 is 6.03 Å². The van der Waals surface area contributed by atoms with Crippen molar-refractivity contribution in [3.63, 3.8) is 0 Å². The number of benzene rings is 3. The number of carbonyl (C=O) groups excluding carboxylic acids is 3. The van der Waals surface area contributed by atoms with E-state index in [4.69, 9.17) is 14.6 Å². The number of hydrogen-bond donors (Lipinski definition) is 3. The Labute approximate surface area is 322 Å². The maximum Gasteiger partial charge on any atom is 0.324 e. The summed E-state index contributed by atoms with van der Waals surface area (Å²) < 4.78 is 13.2. The lowest BCUT2D eigenvalue weighted by atomic mass is 9.92. The van der Waals surface area contributed by atoms with Crippen LogP contribution < -0.4 is 20.7 Å². The van der Waals surface area contributed by atoms with Gasteiger partial charge in [-0.25, -0.2) is 9.48 Å². The van der Waals surface area contributed by atoms with Crippen molar-refractivity contribution in [3.05, 3.63) is 102 Å². The summed E-state index contributed by atoms with van der Waals surface area (Å²) in [5.74, 6) is 1.73. The number of piperidine rings is 1. The maximum atomic E-state index is 13.5. The SMILES string of the molecule is COCCCCC(=O)N1CCC(NC(=O)Cc2cc(Oc3ccc(NC(=O)Nc4cc(C(C)(C)C)nn4-c4ccc(C)cc4)c4ccccc34)ccn2)CC1. The minimum atomic E-state index is -0.405. The largest absolute Gasteiger partial charge is 0.457 e. The molecule has 5 aromatic rings. The van der Waals surface area contributed by atoms with E-state index >= 15 is 0 Å². The van der Waals surface area contributed by atoms with Gasteiger partial charge in [-0.1, -0.05) is 62.7 Å². The number of ether oxygens (including phenoxy) is 2. The minimum Gasteiger partial charge on any atom is -0.457 e. The molecule has 0 aliphatic carbocycles. The Balaban J connectivity index is 1.08. The number of nitrogens with zero attached hydrogens (tertiary/aromatic N) is 4. The van der Waals surface area contributed by atoms with Crippen LogP contribution in [0.15, 0.2) is 85.1 Å². The molecule has 4 amide bonds. The number of fused-ring (bicyclic) bond motifs is 1. The number of nitrogens with one attached hydrogen (secondary N) is 3.